The minimum Gasteiger partial charge on any atom is -0.491 e. The van der Waals surface area contributed by atoms with E-state index in [9.17, 15) is 19.8 Å². The van der Waals surface area contributed by atoms with Crippen molar-refractivity contribution in [3.63, 3.8) is 0 Å². The van der Waals surface area contributed by atoms with Gasteiger partial charge in [-0.15, -0.1) is 0 Å². The van der Waals surface area contributed by atoms with Gasteiger partial charge in [-0.3, -0.25) is 0 Å². The Morgan fingerprint density at radius 2 is 1.41 bits per heavy atom. The largest absolute Gasteiger partial charge is 0.491 e. The molecule has 0 aliphatic heterocycles. The third kappa shape index (κ3) is 4.18. The molecule has 0 aromatic heterocycles. The Labute approximate surface area is 160 Å². The maximum Gasteiger partial charge on any atom is 0.417 e. The lowest BCUT2D eigenvalue weighted by molar-refractivity contribution is -0.0680. The number of carboxylic acid groups (broad SMARTS) is 2. The molecule has 152 valence electrons. The first-order chi connectivity index (χ1) is 12.3. The summed E-state index contributed by atoms with van der Waals surface area (Å²) in [5, 5.41) is 19.7. The van der Waals surface area contributed by atoms with Crippen LogP contribution in [-0.4, -0.2) is 47.6 Å². The fourth-order valence-electron chi connectivity index (χ4n) is 4.22. The number of carbonyl (C=O) groups is 2. The average molecular weight is 381 g/mol. The maximum atomic E-state index is 12.1. The Kier molecular flexibility index (Phi) is 6.88. The normalized spacial score (nSPS) is 12.6. The third-order valence-corrected chi connectivity index (χ3v) is 4.71. The van der Waals surface area contributed by atoms with Crippen LogP contribution in [0.4, 0.5) is 9.59 Å². The standard InChI is InChI=1S/C20H31NO6/c1-18(2,3)20(19(4,5)6,21(16(22)23)17(24)25)14-10-8-9-11-15(14)27-13-12-26-7/h8-11H,12-13H2,1-7H3,(H,22,23)(H,24,25). The number of hydrogen-bond acceptors (Lipinski definition) is 4. The van der Waals surface area contributed by atoms with Gasteiger partial charge in [0.2, 0.25) is 0 Å². The van der Waals surface area contributed by atoms with Gasteiger partial charge < -0.3 is 19.7 Å². The van der Waals surface area contributed by atoms with E-state index in [4.69, 9.17) is 9.47 Å². The van der Waals surface area contributed by atoms with Crippen LogP contribution < -0.4 is 4.74 Å². The molecule has 0 radical (unpaired) electrons. The summed E-state index contributed by atoms with van der Waals surface area (Å²) >= 11 is 0. The minimum atomic E-state index is -1.53. The van der Waals surface area contributed by atoms with Crippen molar-refractivity contribution >= 4 is 12.2 Å². The van der Waals surface area contributed by atoms with Crippen molar-refractivity contribution in [1.82, 2.24) is 4.90 Å². The van der Waals surface area contributed by atoms with E-state index in [2.05, 4.69) is 0 Å². The van der Waals surface area contributed by atoms with E-state index < -0.39 is 28.6 Å². The van der Waals surface area contributed by atoms with Crippen molar-refractivity contribution in [2.24, 2.45) is 10.8 Å². The number of nitrogens with zero attached hydrogens (tertiary/aromatic N) is 1. The molecule has 1 rings (SSSR count). The van der Waals surface area contributed by atoms with Crippen LogP contribution in [0.2, 0.25) is 0 Å². The lowest BCUT2D eigenvalue weighted by Crippen LogP contribution is -2.64. The molecule has 7 heteroatoms. The molecule has 27 heavy (non-hydrogen) atoms. The zero-order valence-corrected chi connectivity index (χ0v) is 17.2. The van der Waals surface area contributed by atoms with Gasteiger partial charge in [-0.2, -0.15) is 0 Å². The van der Waals surface area contributed by atoms with Crippen molar-refractivity contribution in [2.75, 3.05) is 20.3 Å². The fourth-order valence-corrected chi connectivity index (χ4v) is 4.22. The molecular weight excluding hydrogens is 350 g/mol. The Morgan fingerprint density at radius 3 is 1.81 bits per heavy atom. The Balaban J connectivity index is 3.91. The molecule has 0 aliphatic carbocycles. The molecule has 0 heterocycles. The zero-order chi connectivity index (χ0) is 21.0. The Bertz CT molecular complexity index is 644. The number of para-hydroxylation sites is 1. The second-order valence-electron chi connectivity index (χ2n) is 8.45. The van der Waals surface area contributed by atoms with Gasteiger partial charge in [0.1, 0.15) is 12.4 Å². The SMILES string of the molecule is COCCOc1ccccc1C(N(C(=O)O)C(=O)O)(C(C)(C)C)C(C)(C)C. The van der Waals surface area contributed by atoms with Crippen molar-refractivity contribution in [3.8, 4) is 5.75 Å². The number of ether oxygens (including phenoxy) is 2. The summed E-state index contributed by atoms with van der Waals surface area (Å²) in [6, 6.07) is 6.98. The number of methoxy groups -OCH3 is 1. The lowest BCUT2D eigenvalue weighted by atomic mass is 9.56. The van der Waals surface area contributed by atoms with E-state index in [0.29, 0.717) is 22.8 Å². The number of amides is 2. The van der Waals surface area contributed by atoms with Crippen LogP contribution in [0, 0.1) is 10.8 Å². The number of rotatable bonds is 6. The van der Waals surface area contributed by atoms with Crippen LogP contribution in [-0.2, 0) is 10.3 Å². The van der Waals surface area contributed by atoms with Crippen LogP contribution in [0.1, 0.15) is 47.1 Å². The highest BCUT2D eigenvalue weighted by molar-refractivity contribution is 5.87. The first kappa shape index (κ1) is 22.8. The smallest absolute Gasteiger partial charge is 0.417 e. The lowest BCUT2D eigenvalue weighted by Gasteiger charge is -2.57. The second-order valence-corrected chi connectivity index (χ2v) is 8.45. The second kappa shape index (κ2) is 8.17. The van der Waals surface area contributed by atoms with Gasteiger partial charge in [-0.05, 0) is 16.9 Å². The summed E-state index contributed by atoms with van der Waals surface area (Å²) in [4.78, 5) is 24.7. The quantitative estimate of drug-likeness (QED) is 0.696. The molecule has 0 fully saturated rings. The van der Waals surface area contributed by atoms with E-state index in [1.54, 1.807) is 31.4 Å². The molecule has 0 aliphatic rings. The van der Waals surface area contributed by atoms with Crippen LogP contribution in [0.5, 0.6) is 5.75 Å². The Morgan fingerprint density at radius 1 is 0.926 bits per heavy atom. The molecule has 2 amide bonds. The van der Waals surface area contributed by atoms with Gasteiger partial charge in [0.15, 0.2) is 0 Å². The molecule has 0 atom stereocenters. The zero-order valence-electron chi connectivity index (χ0n) is 17.2. The highest BCUT2D eigenvalue weighted by Gasteiger charge is 2.61. The molecule has 7 nitrogen and oxygen atoms in total. The van der Waals surface area contributed by atoms with Crippen molar-refractivity contribution < 1.29 is 29.3 Å². The molecule has 0 bridgehead atoms. The highest BCUT2D eigenvalue weighted by Crippen LogP contribution is 2.57. The minimum absolute atomic E-state index is 0.262. The van der Waals surface area contributed by atoms with E-state index in [1.807, 2.05) is 41.5 Å². The van der Waals surface area contributed by atoms with Crippen molar-refractivity contribution in [1.29, 1.82) is 0 Å². The van der Waals surface area contributed by atoms with Crippen LogP contribution in [0.3, 0.4) is 0 Å². The first-order valence-electron chi connectivity index (χ1n) is 8.79. The van der Waals surface area contributed by atoms with Gasteiger partial charge >= 0.3 is 12.2 Å². The first-order valence-corrected chi connectivity index (χ1v) is 8.79. The molecule has 1 aromatic rings. The van der Waals surface area contributed by atoms with E-state index in [-0.39, 0.29) is 6.61 Å². The molecule has 0 unspecified atom stereocenters. The fraction of sp³-hybridized carbons (Fsp3) is 0.600. The summed E-state index contributed by atoms with van der Waals surface area (Å²) < 4.78 is 10.9. The van der Waals surface area contributed by atoms with Crippen molar-refractivity contribution in [3.05, 3.63) is 29.8 Å². The topological polar surface area (TPSA) is 96.3 Å². The van der Waals surface area contributed by atoms with Gasteiger partial charge in [-0.1, -0.05) is 59.7 Å². The van der Waals surface area contributed by atoms with Gasteiger partial charge in [-0.25, -0.2) is 14.5 Å². The maximum absolute atomic E-state index is 12.1. The number of imide groups is 1. The molecule has 2 N–H and O–H groups in total. The van der Waals surface area contributed by atoms with E-state index >= 15 is 0 Å². The summed E-state index contributed by atoms with van der Waals surface area (Å²) in [6.45, 7) is 11.6. The predicted octanol–water partition coefficient (Wildman–Crippen LogP) is 4.66. The van der Waals surface area contributed by atoms with Crippen LogP contribution >= 0.6 is 0 Å². The Hall–Kier alpha value is -2.28. The summed E-state index contributed by atoms with van der Waals surface area (Å²) in [7, 11) is 1.56. The molecule has 1 aromatic carbocycles. The summed E-state index contributed by atoms with van der Waals surface area (Å²) in [5.41, 5.74) is -2.46. The number of benzene rings is 1. The average Bonchev–Trinajstić information content (AvgIpc) is 2.50. The predicted molar refractivity (Wildman–Crippen MR) is 102 cm³/mol. The van der Waals surface area contributed by atoms with Crippen LogP contribution in [0.25, 0.3) is 0 Å². The van der Waals surface area contributed by atoms with E-state index in [0.717, 1.165) is 0 Å². The van der Waals surface area contributed by atoms with Gasteiger partial charge in [0.05, 0.1) is 12.1 Å². The summed E-state index contributed by atoms with van der Waals surface area (Å²) in [6.07, 6.45) is -3.06. The molecular formula is C20H31NO6. The molecule has 0 spiro atoms. The van der Waals surface area contributed by atoms with Gasteiger partial charge in [0.25, 0.3) is 0 Å². The van der Waals surface area contributed by atoms with Crippen molar-refractivity contribution in [2.45, 2.75) is 47.1 Å². The monoisotopic (exact) mass is 381 g/mol. The summed E-state index contributed by atoms with van der Waals surface area (Å²) in [5.74, 6) is 0.437. The van der Waals surface area contributed by atoms with Crippen LogP contribution in [0.15, 0.2) is 24.3 Å². The molecule has 0 saturated carbocycles. The molecule has 0 saturated heterocycles. The number of hydrogen-bond donors (Lipinski definition) is 2. The third-order valence-electron chi connectivity index (χ3n) is 4.71. The van der Waals surface area contributed by atoms with Gasteiger partial charge in [0, 0.05) is 12.7 Å². The highest BCUT2D eigenvalue weighted by atomic mass is 16.5. The van der Waals surface area contributed by atoms with E-state index in [1.165, 1.54) is 0 Å².